The van der Waals surface area contributed by atoms with E-state index in [1.54, 1.807) is 31.2 Å². The fourth-order valence-electron chi connectivity index (χ4n) is 2.63. The van der Waals surface area contributed by atoms with Gasteiger partial charge in [-0.15, -0.1) is 0 Å². The Balaban J connectivity index is 1.72. The molecule has 3 amide bonds. The molecule has 7 nitrogen and oxygen atoms in total. The fourth-order valence-corrected chi connectivity index (χ4v) is 2.99. The summed E-state index contributed by atoms with van der Waals surface area (Å²) in [6.07, 6.45) is 0. The molecule has 4 N–H and O–H groups in total. The maximum absolute atomic E-state index is 13.1. The van der Waals surface area contributed by atoms with Crippen LogP contribution < -0.4 is 16.4 Å². The molecule has 3 aromatic rings. The Kier molecular flexibility index (Phi) is 5.60. The van der Waals surface area contributed by atoms with Gasteiger partial charge in [-0.05, 0) is 48.9 Å². The molecular formula is C19H17ClFN5O2. The minimum atomic E-state index is -0.649. The number of halogens is 2. The lowest BCUT2D eigenvalue weighted by molar-refractivity contribution is 0.0950. The molecule has 0 bridgehead atoms. The van der Waals surface area contributed by atoms with Crippen LogP contribution in [0.4, 0.5) is 14.9 Å². The van der Waals surface area contributed by atoms with Crippen LogP contribution in [0.25, 0.3) is 5.69 Å². The molecule has 3 rings (SSSR count). The number of benzene rings is 2. The summed E-state index contributed by atoms with van der Waals surface area (Å²) in [5.41, 5.74) is 7.69. The zero-order valence-corrected chi connectivity index (χ0v) is 15.6. The second kappa shape index (κ2) is 8.10. The number of carbonyl (C=O) groups is 2. The van der Waals surface area contributed by atoms with Crippen molar-refractivity contribution in [3.05, 3.63) is 76.3 Å². The molecular weight excluding hydrogens is 385 g/mol. The van der Waals surface area contributed by atoms with Gasteiger partial charge in [-0.3, -0.25) is 4.79 Å². The van der Waals surface area contributed by atoms with Crippen LogP contribution in [0.3, 0.4) is 0 Å². The van der Waals surface area contributed by atoms with E-state index in [1.807, 2.05) is 0 Å². The summed E-state index contributed by atoms with van der Waals surface area (Å²) in [5.74, 6) is -0.756. The van der Waals surface area contributed by atoms with E-state index in [1.165, 1.54) is 28.9 Å². The van der Waals surface area contributed by atoms with E-state index in [-0.39, 0.29) is 29.0 Å². The molecule has 9 heteroatoms. The van der Waals surface area contributed by atoms with Gasteiger partial charge in [0.25, 0.3) is 5.91 Å². The van der Waals surface area contributed by atoms with Crippen molar-refractivity contribution in [1.82, 2.24) is 15.1 Å². The van der Waals surface area contributed by atoms with E-state index in [0.717, 1.165) is 5.56 Å². The van der Waals surface area contributed by atoms with Crippen molar-refractivity contribution in [2.24, 2.45) is 5.73 Å². The second-order valence-corrected chi connectivity index (χ2v) is 6.37. The Morgan fingerprint density at radius 1 is 1.14 bits per heavy atom. The SMILES string of the molecule is Cc1nn(-c2ccc(F)cc2)c(Cl)c1C(=O)NCc1ccc(NC(N)=O)cc1. The van der Waals surface area contributed by atoms with Gasteiger partial charge in [0.1, 0.15) is 11.0 Å². The number of primary amides is 1. The standard InChI is InChI=1S/C19H17ClFN5O2/c1-11-16(17(20)26(25-11)15-8-4-13(21)5-9-15)18(27)23-10-12-2-6-14(7-3-12)24-19(22)28/h2-9H,10H2,1H3,(H,23,27)(H3,22,24,28). The van der Waals surface area contributed by atoms with E-state index in [0.29, 0.717) is 17.1 Å². The Bertz CT molecular complexity index is 1020. The van der Waals surface area contributed by atoms with Gasteiger partial charge in [0.05, 0.1) is 16.9 Å². The van der Waals surface area contributed by atoms with Crippen LogP contribution in [0.5, 0.6) is 0 Å². The highest BCUT2D eigenvalue weighted by Gasteiger charge is 2.21. The molecule has 0 aliphatic rings. The average molecular weight is 402 g/mol. The smallest absolute Gasteiger partial charge is 0.316 e. The molecule has 0 unspecified atom stereocenters. The minimum Gasteiger partial charge on any atom is -0.351 e. The van der Waals surface area contributed by atoms with Gasteiger partial charge >= 0.3 is 6.03 Å². The number of aryl methyl sites for hydroxylation is 1. The van der Waals surface area contributed by atoms with E-state index < -0.39 is 6.03 Å². The summed E-state index contributed by atoms with van der Waals surface area (Å²) < 4.78 is 14.5. The quantitative estimate of drug-likeness (QED) is 0.610. The number of carbonyl (C=O) groups excluding carboxylic acids is 2. The van der Waals surface area contributed by atoms with E-state index in [9.17, 15) is 14.0 Å². The highest BCUT2D eigenvalue weighted by molar-refractivity contribution is 6.33. The first-order chi connectivity index (χ1) is 13.3. The molecule has 0 aliphatic carbocycles. The first kappa shape index (κ1) is 19.4. The number of aromatic nitrogens is 2. The van der Waals surface area contributed by atoms with Gasteiger partial charge in [-0.2, -0.15) is 5.10 Å². The van der Waals surface area contributed by atoms with Crippen molar-refractivity contribution in [2.75, 3.05) is 5.32 Å². The number of nitrogens with one attached hydrogen (secondary N) is 2. The molecule has 28 heavy (non-hydrogen) atoms. The Labute approximate surface area is 165 Å². The van der Waals surface area contributed by atoms with Crippen LogP contribution in [0.1, 0.15) is 21.6 Å². The van der Waals surface area contributed by atoms with Crippen molar-refractivity contribution >= 4 is 29.2 Å². The number of nitrogens with two attached hydrogens (primary N) is 1. The Hall–Kier alpha value is -3.39. The van der Waals surface area contributed by atoms with E-state index >= 15 is 0 Å². The van der Waals surface area contributed by atoms with Gasteiger partial charge in [0.2, 0.25) is 0 Å². The summed E-state index contributed by atoms with van der Waals surface area (Å²) >= 11 is 6.34. The highest BCUT2D eigenvalue weighted by Crippen LogP contribution is 2.23. The van der Waals surface area contributed by atoms with Crippen molar-refractivity contribution in [3.63, 3.8) is 0 Å². The predicted molar refractivity (Wildman–Crippen MR) is 104 cm³/mol. The van der Waals surface area contributed by atoms with Gasteiger partial charge in [-0.25, -0.2) is 13.9 Å². The predicted octanol–water partition coefficient (Wildman–Crippen LogP) is 3.39. The molecule has 0 atom stereocenters. The third kappa shape index (κ3) is 4.29. The largest absolute Gasteiger partial charge is 0.351 e. The fraction of sp³-hybridized carbons (Fsp3) is 0.105. The third-order valence-corrected chi connectivity index (χ3v) is 4.33. The zero-order valence-electron chi connectivity index (χ0n) is 14.9. The molecule has 144 valence electrons. The average Bonchev–Trinajstić information content (AvgIpc) is 2.95. The topological polar surface area (TPSA) is 102 Å². The van der Waals surface area contributed by atoms with Gasteiger partial charge < -0.3 is 16.4 Å². The maximum atomic E-state index is 13.1. The Morgan fingerprint density at radius 3 is 2.39 bits per heavy atom. The van der Waals surface area contributed by atoms with E-state index in [2.05, 4.69) is 15.7 Å². The van der Waals surface area contributed by atoms with Crippen LogP contribution in [-0.2, 0) is 6.54 Å². The number of hydrogen-bond acceptors (Lipinski definition) is 3. The zero-order chi connectivity index (χ0) is 20.3. The van der Waals surface area contributed by atoms with Crippen LogP contribution in [0, 0.1) is 12.7 Å². The summed E-state index contributed by atoms with van der Waals surface area (Å²) in [5, 5.41) is 9.66. The van der Waals surface area contributed by atoms with Crippen LogP contribution in [0.2, 0.25) is 5.15 Å². The molecule has 0 spiro atoms. The summed E-state index contributed by atoms with van der Waals surface area (Å²) in [7, 11) is 0. The normalized spacial score (nSPS) is 10.5. The van der Waals surface area contributed by atoms with Gasteiger partial charge in [0.15, 0.2) is 0 Å². The molecule has 1 aromatic heterocycles. The van der Waals surface area contributed by atoms with Crippen molar-refractivity contribution in [1.29, 1.82) is 0 Å². The number of nitrogens with zero attached hydrogens (tertiary/aromatic N) is 2. The minimum absolute atomic E-state index is 0.141. The molecule has 0 radical (unpaired) electrons. The monoisotopic (exact) mass is 401 g/mol. The van der Waals surface area contributed by atoms with E-state index in [4.69, 9.17) is 17.3 Å². The Morgan fingerprint density at radius 2 is 1.79 bits per heavy atom. The number of hydrogen-bond donors (Lipinski definition) is 3. The lowest BCUT2D eigenvalue weighted by Crippen LogP contribution is -2.23. The molecule has 1 heterocycles. The van der Waals surface area contributed by atoms with Gasteiger partial charge in [-0.1, -0.05) is 23.7 Å². The lowest BCUT2D eigenvalue weighted by Gasteiger charge is -2.07. The van der Waals surface area contributed by atoms with Gasteiger partial charge in [0, 0.05) is 12.2 Å². The first-order valence-corrected chi connectivity index (χ1v) is 8.67. The molecule has 0 fully saturated rings. The van der Waals surface area contributed by atoms with Crippen molar-refractivity contribution in [3.8, 4) is 5.69 Å². The maximum Gasteiger partial charge on any atom is 0.316 e. The van der Waals surface area contributed by atoms with Crippen LogP contribution in [-0.4, -0.2) is 21.7 Å². The van der Waals surface area contributed by atoms with Crippen LogP contribution >= 0.6 is 11.6 Å². The third-order valence-electron chi connectivity index (χ3n) is 3.98. The molecule has 0 aliphatic heterocycles. The first-order valence-electron chi connectivity index (χ1n) is 8.30. The highest BCUT2D eigenvalue weighted by atomic mass is 35.5. The number of amides is 3. The second-order valence-electron chi connectivity index (χ2n) is 6.01. The van der Waals surface area contributed by atoms with Crippen molar-refractivity contribution in [2.45, 2.75) is 13.5 Å². The van der Waals surface area contributed by atoms with Crippen molar-refractivity contribution < 1.29 is 14.0 Å². The lowest BCUT2D eigenvalue weighted by atomic mass is 10.2. The molecule has 0 saturated heterocycles. The molecule has 2 aromatic carbocycles. The number of rotatable bonds is 5. The summed E-state index contributed by atoms with van der Waals surface area (Å²) in [4.78, 5) is 23.4. The number of urea groups is 1. The summed E-state index contributed by atoms with van der Waals surface area (Å²) in [6, 6.07) is 11.8. The van der Waals surface area contributed by atoms with Crippen LogP contribution in [0.15, 0.2) is 48.5 Å². The number of anilines is 1. The molecule has 0 saturated carbocycles. The summed E-state index contributed by atoms with van der Waals surface area (Å²) in [6.45, 7) is 1.93.